The molecule has 1 aliphatic rings. The third-order valence-electron chi connectivity index (χ3n) is 6.42. The van der Waals surface area contributed by atoms with Crippen LogP contribution in [-0.4, -0.2) is 39.3 Å². The number of nitrogens with one attached hydrogen (secondary N) is 1. The largest absolute Gasteiger partial charge is 0.492 e. The maximum absolute atomic E-state index is 12.9. The standard InChI is InChI=1S/C26H36N2O5S/c1-5-26(6-2)19-21(20-13-8-10-15-23(20)33-26)27-25(29)17-12-18-28(34(4,30)31)22-14-9-11-16-24(22)32-7-3/h8-11,13-16,21H,5-7,12,17-19H2,1-4H3,(H,27,29)/t21-/m0/s1. The van der Waals surface area contributed by atoms with Gasteiger partial charge in [0.15, 0.2) is 0 Å². The number of rotatable bonds is 11. The van der Waals surface area contributed by atoms with Crippen LogP contribution in [0.4, 0.5) is 5.69 Å². The number of para-hydroxylation sites is 3. The van der Waals surface area contributed by atoms with Crippen molar-refractivity contribution in [2.75, 3.05) is 23.7 Å². The monoisotopic (exact) mass is 488 g/mol. The summed E-state index contributed by atoms with van der Waals surface area (Å²) in [4.78, 5) is 12.9. The Hall–Kier alpha value is -2.74. The van der Waals surface area contributed by atoms with E-state index in [1.807, 2.05) is 31.2 Å². The minimum absolute atomic E-state index is 0.102. The second kappa shape index (κ2) is 11.1. The van der Waals surface area contributed by atoms with E-state index in [2.05, 4.69) is 19.2 Å². The summed E-state index contributed by atoms with van der Waals surface area (Å²) >= 11 is 0. The number of carbonyl (C=O) groups is 1. The molecule has 0 radical (unpaired) electrons. The van der Waals surface area contributed by atoms with Gasteiger partial charge in [0.05, 0.1) is 24.6 Å². The number of hydrogen-bond acceptors (Lipinski definition) is 5. The Labute approximate surface area is 203 Å². The van der Waals surface area contributed by atoms with E-state index in [4.69, 9.17) is 9.47 Å². The van der Waals surface area contributed by atoms with E-state index < -0.39 is 10.0 Å². The number of fused-ring (bicyclic) bond motifs is 1. The molecule has 0 aliphatic carbocycles. The minimum Gasteiger partial charge on any atom is -0.492 e. The maximum atomic E-state index is 12.9. The molecule has 0 saturated heterocycles. The number of anilines is 1. The van der Waals surface area contributed by atoms with E-state index in [0.717, 1.165) is 24.2 Å². The molecule has 0 bridgehead atoms. The number of nitrogens with zero attached hydrogens (tertiary/aromatic N) is 1. The summed E-state index contributed by atoms with van der Waals surface area (Å²) in [6, 6.07) is 14.8. The Balaban J connectivity index is 1.68. The molecule has 1 heterocycles. The molecule has 3 rings (SSSR count). The number of amides is 1. The van der Waals surface area contributed by atoms with Gasteiger partial charge in [0, 0.05) is 24.9 Å². The third-order valence-corrected chi connectivity index (χ3v) is 7.60. The number of carbonyl (C=O) groups excluding carboxylic acids is 1. The summed E-state index contributed by atoms with van der Waals surface area (Å²) < 4.78 is 38.3. The lowest BCUT2D eigenvalue weighted by Gasteiger charge is -2.41. The Morgan fingerprint density at radius 3 is 2.47 bits per heavy atom. The Bertz CT molecular complexity index is 1080. The molecule has 0 aromatic heterocycles. The zero-order chi connectivity index (χ0) is 24.8. The van der Waals surface area contributed by atoms with Crippen molar-refractivity contribution in [1.82, 2.24) is 5.32 Å². The normalized spacial score (nSPS) is 16.8. The van der Waals surface area contributed by atoms with Crippen LogP contribution >= 0.6 is 0 Å². The van der Waals surface area contributed by atoms with Crippen LogP contribution < -0.4 is 19.1 Å². The summed E-state index contributed by atoms with van der Waals surface area (Å²) in [6.45, 7) is 6.69. The van der Waals surface area contributed by atoms with Crippen LogP contribution in [0.2, 0.25) is 0 Å². The molecule has 1 N–H and O–H groups in total. The molecule has 0 unspecified atom stereocenters. The smallest absolute Gasteiger partial charge is 0.232 e. The highest BCUT2D eigenvalue weighted by molar-refractivity contribution is 7.92. The highest BCUT2D eigenvalue weighted by Gasteiger charge is 2.38. The zero-order valence-electron chi connectivity index (χ0n) is 20.5. The molecule has 186 valence electrons. The van der Waals surface area contributed by atoms with Crippen LogP contribution in [0.5, 0.6) is 11.5 Å². The van der Waals surface area contributed by atoms with Gasteiger partial charge in [-0.1, -0.05) is 44.2 Å². The van der Waals surface area contributed by atoms with Crippen LogP contribution in [0.15, 0.2) is 48.5 Å². The van der Waals surface area contributed by atoms with E-state index in [-0.39, 0.29) is 30.5 Å². The molecule has 34 heavy (non-hydrogen) atoms. The summed E-state index contributed by atoms with van der Waals surface area (Å²) in [5.41, 5.74) is 1.17. The van der Waals surface area contributed by atoms with Crippen molar-refractivity contribution >= 4 is 21.6 Å². The van der Waals surface area contributed by atoms with E-state index >= 15 is 0 Å². The predicted octanol–water partition coefficient (Wildman–Crippen LogP) is 4.83. The van der Waals surface area contributed by atoms with E-state index in [9.17, 15) is 13.2 Å². The molecule has 8 heteroatoms. The first kappa shape index (κ1) is 25.9. The van der Waals surface area contributed by atoms with Crippen molar-refractivity contribution in [2.24, 2.45) is 0 Å². The first-order valence-corrected chi connectivity index (χ1v) is 13.8. The van der Waals surface area contributed by atoms with Crippen LogP contribution in [0.1, 0.15) is 64.5 Å². The first-order valence-electron chi connectivity index (χ1n) is 12.0. The molecule has 1 atom stereocenters. The summed E-state index contributed by atoms with van der Waals surface area (Å²) in [5, 5.41) is 3.17. The fourth-order valence-electron chi connectivity index (χ4n) is 4.49. The number of sulfonamides is 1. The highest BCUT2D eigenvalue weighted by atomic mass is 32.2. The summed E-state index contributed by atoms with van der Waals surface area (Å²) in [5.74, 6) is 1.22. The molecular formula is C26H36N2O5S. The highest BCUT2D eigenvalue weighted by Crippen LogP contribution is 2.42. The fourth-order valence-corrected chi connectivity index (χ4v) is 5.45. The molecular weight excluding hydrogens is 452 g/mol. The second-order valence-corrected chi connectivity index (χ2v) is 10.6. The van der Waals surface area contributed by atoms with Crippen molar-refractivity contribution < 1.29 is 22.7 Å². The minimum atomic E-state index is -3.54. The van der Waals surface area contributed by atoms with E-state index in [1.165, 1.54) is 10.6 Å². The topological polar surface area (TPSA) is 84.9 Å². The average Bonchev–Trinajstić information content (AvgIpc) is 2.81. The average molecular weight is 489 g/mol. The van der Waals surface area contributed by atoms with Crippen molar-refractivity contribution in [3.8, 4) is 11.5 Å². The molecule has 2 aromatic carbocycles. The van der Waals surface area contributed by atoms with Crippen LogP contribution in [0.3, 0.4) is 0 Å². The van der Waals surface area contributed by atoms with Crippen molar-refractivity contribution in [2.45, 2.75) is 64.5 Å². The fraction of sp³-hybridized carbons (Fsp3) is 0.500. The van der Waals surface area contributed by atoms with E-state index in [0.29, 0.717) is 30.9 Å². The van der Waals surface area contributed by atoms with Gasteiger partial charge >= 0.3 is 0 Å². The summed E-state index contributed by atoms with van der Waals surface area (Å²) in [6.07, 6.45) is 4.19. The molecule has 0 fully saturated rings. The molecule has 7 nitrogen and oxygen atoms in total. The van der Waals surface area contributed by atoms with Crippen molar-refractivity contribution in [3.63, 3.8) is 0 Å². The molecule has 1 amide bonds. The number of hydrogen-bond donors (Lipinski definition) is 1. The Morgan fingerprint density at radius 1 is 1.12 bits per heavy atom. The quantitative estimate of drug-likeness (QED) is 0.490. The number of benzene rings is 2. The van der Waals surface area contributed by atoms with E-state index in [1.54, 1.807) is 24.3 Å². The van der Waals surface area contributed by atoms with Gasteiger partial charge in [0.25, 0.3) is 0 Å². The van der Waals surface area contributed by atoms with Crippen LogP contribution in [0.25, 0.3) is 0 Å². The maximum Gasteiger partial charge on any atom is 0.232 e. The molecule has 0 spiro atoms. The lowest BCUT2D eigenvalue weighted by Crippen LogP contribution is -2.44. The lowest BCUT2D eigenvalue weighted by molar-refractivity contribution is -0.122. The predicted molar refractivity (Wildman–Crippen MR) is 135 cm³/mol. The van der Waals surface area contributed by atoms with Gasteiger partial charge in [-0.2, -0.15) is 0 Å². The summed E-state index contributed by atoms with van der Waals surface area (Å²) in [7, 11) is -3.54. The third kappa shape index (κ3) is 6.03. The van der Waals surface area contributed by atoms with Gasteiger partial charge in [-0.15, -0.1) is 0 Å². The SMILES string of the molecule is CCOc1ccccc1N(CCCC(=O)N[C@H]1CC(CC)(CC)Oc2ccccc21)S(C)(=O)=O. The molecule has 2 aromatic rings. The van der Waals surface area contributed by atoms with Gasteiger partial charge in [-0.05, 0) is 44.4 Å². The van der Waals surface area contributed by atoms with Gasteiger partial charge in [0.2, 0.25) is 15.9 Å². The van der Waals surface area contributed by atoms with Gasteiger partial charge in [0.1, 0.15) is 17.1 Å². The molecule has 0 saturated carbocycles. The Kier molecular flexibility index (Phi) is 8.47. The number of ether oxygens (including phenoxy) is 2. The molecule has 1 aliphatic heterocycles. The van der Waals surface area contributed by atoms with Gasteiger partial charge in [-0.3, -0.25) is 9.10 Å². The zero-order valence-corrected chi connectivity index (χ0v) is 21.4. The van der Waals surface area contributed by atoms with Crippen LogP contribution in [0, 0.1) is 0 Å². The van der Waals surface area contributed by atoms with Crippen LogP contribution in [-0.2, 0) is 14.8 Å². The van der Waals surface area contributed by atoms with Gasteiger partial charge in [-0.25, -0.2) is 8.42 Å². The Morgan fingerprint density at radius 2 is 1.79 bits per heavy atom. The van der Waals surface area contributed by atoms with Crippen molar-refractivity contribution in [3.05, 3.63) is 54.1 Å². The second-order valence-electron chi connectivity index (χ2n) is 8.69. The first-order chi connectivity index (χ1) is 16.2. The van der Waals surface area contributed by atoms with Crippen molar-refractivity contribution in [1.29, 1.82) is 0 Å². The van der Waals surface area contributed by atoms with Gasteiger partial charge < -0.3 is 14.8 Å². The lowest BCUT2D eigenvalue weighted by atomic mass is 9.83.